The molecule has 1 rings (SSSR count). The van der Waals surface area contributed by atoms with Crippen LogP contribution >= 0.6 is 11.6 Å². The van der Waals surface area contributed by atoms with E-state index < -0.39 is 0 Å². The highest BCUT2D eigenvalue weighted by molar-refractivity contribution is 6.30. The molecule has 5 nitrogen and oxygen atoms in total. The Morgan fingerprint density at radius 1 is 1.30 bits per heavy atom. The van der Waals surface area contributed by atoms with Gasteiger partial charge in [0, 0.05) is 42.9 Å². The standard InChI is InChI=1S/C21H34ClN5/c1-7-14-23-17(4)18(5)25-26-27(6)15-13-21(16(3)8-2)24-20-11-9-19(22)10-12-20/h7-12,17-18,21,23-24H,1,13-15H2,2-6H3/b16-8+,26-25-/t17-,18?,21?/m0/s1. The average Bonchev–Trinajstić information content (AvgIpc) is 2.68. The maximum absolute atomic E-state index is 5.97. The van der Waals surface area contributed by atoms with Gasteiger partial charge in [-0.25, -0.2) is 0 Å². The molecule has 0 aromatic heterocycles. The largest absolute Gasteiger partial charge is 0.379 e. The molecule has 2 unspecified atom stereocenters. The first-order valence-electron chi connectivity index (χ1n) is 9.48. The fraction of sp³-hybridized carbons (Fsp3) is 0.524. The van der Waals surface area contributed by atoms with Crippen molar-refractivity contribution >= 4 is 17.3 Å². The SMILES string of the molecule is C=CCN[C@@H](C)C(C)/N=N\N(C)CCC(Nc1ccc(Cl)cc1)/C(C)=C/C. The Hall–Kier alpha value is -1.85. The van der Waals surface area contributed by atoms with E-state index in [1.165, 1.54) is 5.57 Å². The van der Waals surface area contributed by atoms with Gasteiger partial charge in [-0.3, -0.25) is 5.01 Å². The van der Waals surface area contributed by atoms with Crippen LogP contribution in [0, 0.1) is 0 Å². The summed E-state index contributed by atoms with van der Waals surface area (Å²) in [6, 6.07) is 8.39. The van der Waals surface area contributed by atoms with Crippen LogP contribution in [-0.4, -0.2) is 43.3 Å². The molecule has 1 aromatic carbocycles. The van der Waals surface area contributed by atoms with Crippen molar-refractivity contribution in [3.8, 4) is 0 Å². The molecule has 3 atom stereocenters. The molecular weight excluding hydrogens is 358 g/mol. The minimum absolute atomic E-state index is 0.104. The zero-order chi connectivity index (χ0) is 20.2. The molecule has 0 aliphatic rings. The van der Waals surface area contributed by atoms with Crippen LogP contribution in [0.15, 0.2) is 58.9 Å². The van der Waals surface area contributed by atoms with Gasteiger partial charge in [0.15, 0.2) is 0 Å². The van der Waals surface area contributed by atoms with Crippen molar-refractivity contribution in [3.05, 3.63) is 53.6 Å². The maximum atomic E-state index is 5.97. The Kier molecular flexibility index (Phi) is 10.8. The topological polar surface area (TPSA) is 52.0 Å². The minimum atomic E-state index is 0.104. The predicted octanol–water partition coefficient (Wildman–Crippen LogP) is 5.33. The molecule has 0 bridgehead atoms. The summed E-state index contributed by atoms with van der Waals surface area (Å²) >= 11 is 5.97. The van der Waals surface area contributed by atoms with E-state index in [2.05, 4.69) is 61.3 Å². The highest BCUT2D eigenvalue weighted by Gasteiger charge is 2.13. The molecular formula is C21H34ClN5. The Balaban J connectivity index is 2.57. The summed E-state index contributed by atoms with van der Waals surface area (Å²) in [6.07, 6.45) is 4.92. The normalized spacial score (nSPS) is 15.4. The number of halogens is 1. The lowest BCUT2D eigenvalue weighted by Gasteiger charge is -2.23. The number of nitrogens with zero attached hydrogens (tertiary/aromatic N) is 3. The van der Waals surface area contributed by atoms with Crippen molar-refractivity contribution in [2.24, 2.45) is 10.3 Å². The quantitative estimate of drug-likeness (QED) is 0.287. The Morgan fingerprint density at radius 3 is 2.56 bits per heavy atom. The van der Waals surface area contributed by atoms with Crippen LogP contribution in [0.25, 0.3) is 0 Å². The summed E-state index contributed by atoms with van der Waals surface area (Å²) in [5, 5.41) is 18.3. The molecule has 0 radical (unpaired) electrons. The fourth-order valence-corrected chi connectivity index (χ4v) is 2.56. The van der Waals surface area contributed by atoms with Crippen LogP contribution < -0.4 is 10.6 Å². The van der Waals surface area contributed by atoms with Gasteiger partial charge in [-0.2, -0.15) is 5.11 Å². The van der Waals surface area contributed by atoms with Crippen molar-refractivity contribution in [2.75, 3.05) is 25.5 Å². The Morgan fingerprint density at radius 2 is 1.96 bits per heavy atom. The molecule has 2 N–H and O–H groups in total. The highest BCUT2D eigenvalue weighted by Crippen LogP contribution is 2.18. The van der Waals surface area contributed by atoms with Gasteiger partial charge in [0.25, 0.3) is 0 Å². The smallest absolute Gasteiger partial charge is 0.0851 e. The predicted molar refractivity (Wildman–Crippen MR) is 118 cm³/mol. The molecule has 0 saturated carbocycles. The first-order valence-corrected chi connectivity index (χ1v) is 9.86. The summed E-state index contributed by atoms with van der Waals surface area (Å²) < 4.78 is 0. The number of hydrogen-bond acceptors (Lipinski definition) is 4. The highest BCUT2D eigenvalue weighted by atomic mass is 35.5. The van der Waals surface area contributed by atoms with Crippen LogP contribution in [0.4, 0.5) is 5.69 Å². The molecule has 0 aliphatic carbocycles. The van der Waals surface area contributed by atoms with Crippen molar-refractivity contribution in [1.29, 1.82) is 0 Å². The molecule has 0 aliphatic heterocycles. The number of benzene rings is 1. The van der Waals surface area contributed by atoms with E-state index in [0.717, 1.165) is 30.2 Å². The van der Waals surface area contributed by atoms with Gasteiger partial charge in [-0.15, -0.1) is 6.58 Å². The van der Waals surface area contributed by atoms with Crippen LogP contribution in [0.1, 0.15) is 34.1 Å². The third-order valence-electron chi connectivity index (χ3n) is 4.63. The van der Waals surface area contributed by atoms with Crippen molar-refractivity contribution < 1.29 is 0 Å². The molecule has 0 spiro atoms. The van der Waals surface area contributed by atoms with E-state index in [0.29, 0.717) is 0 Å². The Bertz CT molecular complexity index is 612. The summed E-state index contributed by atoms with van der Waals surface area (Å²) in [7, 11) is 1.96. The molecule has 0 heterocycles. The summed E-state index contributed by atoms with van der Waals surface area (Å²) in [6.45, 7) is 13.7. The molecule has 0 amide bonds. The van der Waals surface area contributed by atoms with Crippen LogP contribution in [0.5, 0.6) is 0 Å². The lowest BCUT2D eigenvalue weighted by Crippen LogP contribution is -2.34. The lowest BCUT2D eigenvalue weighted by molar-refractivity contribution is 0.304. The van der Waals surface area contributed by atoms with E-state index in [1.54, 1.807) is 0 Å². The fourth-order valence-electron chi connectivity index (χ4n) is 2.43. The molecule has 6 heteroatoms. The maximum Gasteiger partial charge on any atom is 0.0851 e. The number of nitrogens with one attached hydrogen (secondary N) is 2. The second kappa shape index (κ2) is 12.5. The van der Waals surface area contributed by atoms with E-state index in [1.807, 2.05) is 42.4 Å². The number of rotatable bonds is 12. The monoisotopic (exact) mass is 391 g/mol. The Labute approximate surface area is 169 Å². The van der Waals surface area contributed by atoms with E-state index in [9.17, 15) is 0 Å². The average molecular weight is 392 g/mol. The molecule has 27 heavy (non-hydrogen) atoms. The zero-order valence-electron chi connectivity index (χ0n) is 17.2. The first-order chi connectivity index (χ1) is 12.9. The molecule has 150 valence electrons. The van der Waals surface area contributed by atoms with Gasteiger partial charge in [0.1, 0.15) is 0 Å². The van der Waals surface area contributed by atoms with Gasteiger partial charge in [-0.05, 0) is 58.4 Å². The minimum Gasteiger partial charge on any atom is -0.379 e. The number of anilines is 1. The van der Waals surface area contributed by atoms with Gasteiger partial charge in [-0.1, -0.05) is 34.5 Å². The third-order valence-corrected chi connectivity index (χ3v) is 4.88. The van der Waals surface area contributed by atoms with E-state index in [-0.39, 0.29) is 18.1 Å². The van der Waals surface area contributed by atoms with Crippen molar-refractivity contribution in [2.45, 2.75) is 52.2 Å². The molecule has 0 fully saturated rings. The van der Waals surface area contributed by atoms with Gasteiger partial charge < -0.3 is 10.6 Å². The third kappa shape index (κ3) is 9.07. The molecule has 1 aromatic rings. The van der Waals surface area contributed by atoms with E-state index in [4.69, 9.17) is 11.6 Å². The lowest BCUT2D eigenvalue weighted by atomic mass is 10.0. The van der Waals surface area contributed by atoms with Gasteiger partial charge >= 0.3 is 0 Å². The second-order valence-electron chi connectivity index (χ2n) is 6.84. The number of allylic oxidation sites excluding steroid dienone is 1. The van der Waals surface area contributed by atoms with Crippen molar-refractivity contribution in [1.82, 2.24) is 10.3 Å². The van der Waals surface area contributed by atoms with E-state index >= 15 is 0 Å². The number of hydrogen-bond donors (Lipinski definition) is 2. The van der Waals surface area contributed by atoms with Gasteiger partial charge in [0.2, 0.25) is 0 Å². The van der Waals surface area contributed by atoms with Crippen LogP contribution in [0.2, 0.25) is 5.02 Å². The summed E-state index contributed by atoms with van der Waals surface area (Å²) in [4.78, 5) is 0. The van der Waals surface area contributed by atoms with Crippen LogP contribution in [-0.2, 0) is 0 Å². The molecule has 0 saturated heterocycles. The second-order valence-corrected chi connectivity index (χ2v) is 7.27. The summed E-state index contributed by atoms with van der Waals surface area (Å²) in [5.74, 6) is 0. The zero-order valence-corrected chi connectivity index (χ0v) is 18.0. The van der Waals surface area contributed by atoms with Crippen LogP contribution in [0.3, 0.4) is 0 Å². The first kappa shape index (κ1) is 23.2. The summed E-state index contributed by atoms with van der Waals surface area (Å²) in [5.41, 5.74) is 2.36. The van der Waals surface area contributed by atoms with Crippen molar-refractivity contribution in [3.63, 3.8) is 0 Å². The van der Waals surface area contributed by atoms with Gasteiger partial charge in [0.05, 0.1) is 6.04 Å².